The van der Waals surface area contributed by atoms with Gasteiger partial charge in [0.25, 0.3) is 0 Å². The van der Waals surface area contributed by atoms with Gasteiger partial charge < -0.3 is 24.8 Å². The first kappa shape index (κ1) is 25.9. The van der Waals surface area contributed by atoms with Crippen LogP contribution < -0.4 is 10.6 Å². The number of hydrogen-bond acceptors (Lipinski definition) is 7. The minimum Gasteiger partial charge on any atom is -0.460 e. The van der Waals surface area contributed by atoms with Crippen molar-refractivity contribution in [2.24, 2.45) is 0 Å². The standard InChI is InChI=1S/C22H32N2O7/c1-21(2,3)30-17(25)12-16(24-20(28)31-22(4,5)6)19(27)23-13-18(26)29-14-15-10-8-7-9-11-15/h7-11,16H,12-14H2,1-6H3,(H,23,27)(H,24,28)/t16-/m0/s1. The van der Waals surface area contributed by atoms with Gasteiger partial charge in [0.1, 0.15) is 30.4 Å². The van der Waals surface area contributed by atoms with Crippen LogP contribution in [0.5, 0.6) is 0 Å². The van der Waals surface area contributed by atoms with E-state index in [2.05, 4.69) is 10.6 Å². The highest BCUT2D eigenvalue weighted by atomic mass is 16.6. The van der Waals surface area contributed by atoms with Gasteiger partial charge in [0.15, 0.2) is 0 Å². The second-order valence-electron chi connectivity index (χ2n) is 8.85. The van der Waals surface area contributed by atoms with Crippen molar-refractivity contribution in [1.82, 2.24) is 10.6 Å². The van der Waals surface area contributed by atoms with E-state index in [-0.39, 0.29) is 6.61 Å². The van der Waals surface area contributed by atoms with E-state index in [9.17, 15) is 19.2 Å². The van der Waals surface area contributed by atoms with Crippen LogP contribution in [0.1, 0.15) is 53.5 Å². The van der Waals surface area contributed by atoms with E-state index < -0.39 is 54.1 Å². The molecule has 9 heteroatoms. The summed E-state index contributed by atoms with van der Waals surface area (Å²) in [7, 11) is 0. The van der Waals surface area contributed by atoms with Gasteiger partial charge in [-0.1, -0.05) is 30.3 Å². The Morgan fingerprint density at radius 3 is 2.00 bits per heavy atom. The van der Waals surface area contributed by atoms with E-state index in [1.807, 2.05) is 18.2 Å². The smallest absolute Gasteiger partial charge is 0.408 e. The van der Waals surface area contributed by atoms with Crippen molar-refractivity contribution in [2.75, 3.05) is 6.54 Å². The van der Waals surface area contributed by atoms with E-state index in [4.69, 9.17) is 14.2 Å². The Morgan fingerprint density at radius 1 is 0.871 bits per heavy atom. The molecule has 0 spiro atoms. The molecule has 0 saturated heterocycles. The maximum Gasteiger partial charge on any atom is 0.408 e. The van der Waals surface area contributed by atoms with Crippen LogP contribution in [-0.4, -0.2) is 47.7 Å². The Labute approximate surface area is 182 Å². The van der Waals surface area contributed by atoms with Gasteiger partial charge in [-0.2, -0.15) is 0 Å². The zero-order valence-electron chi connectivity index (χ0n) is 18.9. The zero-order chi connectivity index (χ0) is 23.7. The van der Waals surface area contributed by atoms with Crippen LogP contribution in [0, 0.1) is 0 Å². The molecule has 2 amide bonds. The Bertz CT molecular complexity index is 734. The number of hydrogen-bond donors (Lipinski definition) is 2. The summed E-state index contributed by atoms with van der Waals surface area (Å²) in [4.78, 5) is 48.7. The van der Waals surface area contributed by atoms with Gasteiger partial charge in [-0.3, -0.25) is 14.4 Å². The number of nitrogens with one attached hydrogen (secondary N) is 2. The van der Waals surface area contributed by atoms with Crippen LogP contribution in [0.4, 0.5) is 4.79 Å². The minimum atomic E-state index is -1.29. The Morgan fingerprint density at radius 2 is 1.45 bits per heavy atom. The van der Waals surface area contributed by atoms with Crippen LogP contribution in [0.15, 0.2) is 30.3 Å². The molecular weight excluding hydrogens is 404 g/mol. The highest BCUT2D eigenvalue weighted by Gasteiger charge is 2.29. The van der Waals surface area contributed by atoms with Crippen molar-refractivity contribution in [3.8, 4) is 0 Å². The molecular formula is C22H32N2O7. The fourth-order valence-electron chi connectivity index (χ4n) is 2.28. The summed E-state index contributed by atoms with van der Waals surface area (Å²) in [6, 6.07) is 7.78. The minimum absolute atomic E-state index is 0.0625. The monoisotopic (exact) mass is 436 g/mol. The highest BCUT2D eigenvalue weighted by molar-refractivity contribution is 5.91. The molecule has 31 heavy (non-hydrogen) atoms. The van der Waals surface area contributed by atoms with Gasteiger partial charge in [-0.25, -0.2) is 4.79 Å². The zero-order valence-corrected chi connectivity index (χ0v) is 18.9. The molecule has 0 saturated carbocycles. The maximum absolute atomic E-state index is 12.5. The molecule has 172 valence electrons. The third kappa shape index (κ3) is 12.2. The largest absolute Gasteiger partial charge is 0.460 e. The van der Waals surface area contributed by atoms with Crippen LogP contribution >= 0.6 is 0 Å². The van der Waals surface area contributed by atoms with E-state index in [1.165, 1.54) is 0 Å². The van der Waals surface area contributed by atoms with E-state index in [1.54, 1.807) is 53.7 Å². The van der Waals surface area contributed by atoms with Gasteiger partial charge in [-0.15, -0.1) is 0 Å². The second-order valence-corrected chi connectivity index (χ2v) is 8.85. The summed E-state index contributed by atoms with van der Waals surface area (Å²) < 4.78 is 15.4. The first-order valence-electron chi connectivity index (χ1n) is 9.94. The predicted octanol–water partition coefficient (Wildman–Crippen LogP) is 2.47. The van der Waals surface area contributed by atoms with Crippen molar-refractivity contribution in [3.05, 3.63) is 35.9 Å². The van der Waals surface area contributed by atoms with Gasteiger partial charge >= 0.3 is 18.0 Å². The predicted molar refractivity (Wildman–Crippen MR) is 113 cm³/mol. The summed E-state index contributed by atoms with van der Waals surface area (Å²) in [6.07, 6.45) is -1.30. The fraction of sp³-hybridized carbons (Fsp3) is 0.545. The van der Waals surface area contributed by atoms with Gasteiger partial charge in [0.05, 0.1) is 6.42 Å². The van der Waals surface area contributed by atoms with E-state index in [0.29, 0.717) is 0 Å². The third-order valence-electron chi connectivity index (χ3n) is 3.45. The average molecular weight is 437 g/mol. The summed E-state index contributed by atoms with van der Waals surface area (Å²) in [5.41, 5.74) is -0.750. The van der Waals surface area contributed by atoms with Crippen LogP contribution in [0.3, 0.4) is 0 Å². The average Bonchev–Trinajstić information content (AvgIpc) is 2.61. The maximum atomic E-state index is 12.5. The number of amides is 2. The lowest BCUT2D eigenvalue weighted by Crippen LogP contribution is -2.50. The summed E-state index contributed by atoms with van der Waals surface area (Å²) in [5.74, 6) is -2.09. The molecule has 0 aromatic heterocycles. The molecule has 0 bridgehead atoms. The lowest BCUT2D eigenvalue weighted by molar-refractivity contribution is -0.156. The SMILES string of the molecule is CC(C)(C)OC(=O)C[C@H](NC(=O)OC(C)(C)C)C(=O)NCC(=O)OCc1ccccc1. The van der Waals surface area contributed by atoms with Gasteiger partial charge in [-0.05, 0) is 47.1 Å². The van der Waals surface area contributed by atoms with Crippen LogP contribution in [-0.2, 0) is 35.2 Å². The Balaban J connectivity index is 2.67. The number of esters is 2. The van der Waals surface area contributed by atoms with Gasteiger partial charge in [0, 0.05) is 0 Å². The fourth-order valence-corrected chi connectivity index (χ4v) is 2.28. The number of benzene rings is 1. The molecule has 0 heterocycles. The summed E-state index contributed by atoms with van der Waals surface area (Å²) in [6.45, 7) is 9.69. The van der Waals surface area contributed by atoms with Crippen LogP contribution in [0.2, 0.25) is 0 Å². The Hall–Kier alpha value is -3.10. The molecule has 1 aromatic carbocycles. The second kappa shape index (κ2) is 11.3. The van der Waals surface area contributed by atoms with Crippen LogP contribution in [0.25, 0.3) is 0 Å². The Kier molecular flexibility index (Phi) is 9.48. The van der Waals surface area contributed by atoms with E-state index >= 15 is 0 Å². The van der Waals surface area contributed by atoms with Crippen molar-refractivity contribution in [3.63, 3.8) is 0 Å². The quantitative estimate of drug-likeness (QED) is 0.474. The van der Waals surface area contributed by atoms with E-state index in [0.717, 1.165) is 5.56 Å². The lowest BCUT2D eigenvalue weighted by Gasteiger charge is -2.24. The number of alkyl carbamates (subject to hydrolysis) is 1. The molecule has 1 atom stereocenters. The van der Waals surface area contributed by atoms with Crippen molar-refractivity contribution in [2.45, 2.75) is 71.8 Å². The molecule has 1 aromatic rings. The number of carbonyl (C=O) groups excluding carboxylic acids is 4. The number of carbonyl (C=O) groups is 4. The molecule has 1 rings (SSSR count). The molecule has 2 N–H and O–H groups in total. The first-order valence-corrected chi connectivity index (χ1v) is 9.94. The lowest BCUT2D eigenvalue weighted by atomic mass is 10.1. The first-order chi connectivity index (χ1) is 14.2. The molecule has 0 aliphatic heterocycles. The van der Waals surface area contributed by atoms with Crippen molar-refractivity contribution < 1.29 is 33.4 Å². The molecule has 0 aliphatic rings. The summed E-state index contributed by atoms with van der Waals surface area (Å²) in [5, 5.41) is 4.71. The topological polar surface area (TPSA) is 120 Å². The summed E-state index contributed by atoms with van der Waals surface area (Å²) >= 11 is 0. The number of ether oxygens (including phenoxy) is 3. The van der Waals surface area contributed by atoms with Gasteiger partial charge in [0.2, 0.25) is 5.91 Å². The molecule has 0 radical (unpaired) electrons. The van der Waals surface area contributed by atoms with Crippen molar-refractivity contribution >= 4 is 23.9 Å². The highest BCUT2D eigenvalue weighted by Crippen LogP contribution is 2.11. The third-order valence-corrected chi connectivity index (χ3v) is 3.45. The molecule has 0 unspecified atom stereocenters. The molecule has 9 nitrogen and oxygen atoms in total. The number of rotatable bonds is 8. The normalized spacial score (nSPS) is 12.3. The molecule has 0 aliphatic carbocycles. The van der Waals surface area contributed by atoms with Crippen molar-refractivity contribution in [1.29, 1.82) is 0 Å². The molecule has 0 fully saturated rings.